The Morgan fingerprint density at radius 1 is 1.18 bits per heavy atom. The third kappa shape index (κ3) is 2.37. The molecular weight excluding hydrogens is 356 g/mol. The third-order valence-corrected chi connectivity index (χ3v) is 7.84. The van der Waals surface area contributed by atoms with E-state index in [0.717, 1.165) is 12.8 Å². The van der Waals surface area contributed by atoms with Crippen molar-refractivity contribution in [2.45, 2.75) is 65.9 Å². The number of aromatic hydroxyl groups is 2. The van der Waals surface area contributed by atoms with Crippen LogP contribution < -0.4 is 4.74 Å². The Balaban J connectivity index is 1.88. The van der Waals surface area contributed by atoms with E-state index >= 15 is 0 Å². The van der Waals surface area contributed by atoms with Crippen LogP contribution in [0.3, 0.4) is 0 Å². The molecule has 1 heterocycles. The molecule has 5 nitrogen and oxygen atoms in total. The lowest BCUT2D eigenvalue weighted by Gasteiger charge is -2.67. The predicted molar refractivity (Wildman–Crippen MR) is 105 cm³/mol. The van der Waals surface area contributed by atoms with Crippen LogP contribution in [0.1, 0.15) is 80.2 Å². The summed E-state index contributed by atoms with van der Waals surface area (Å²) in [6.45, 7) is 10.5. The van der Waals surface area contributed by atoms with Crippen LogP contribution in [0.15, 0.2) is 0 Å². The van der Waals surface area contributed by atoms with Crippen LogP contribution in [0.2, 0.25) is 0 Å². The van der Waals surface area contributed by atoms with E-state index in [2.05, 4.69) is 20.8 Å². The summed E-state index contributed by atoms with van der Waals surface area (Å²) in [5.74, 6) is 0.641. The maximum atomic E-state index is 13.0. The normalized spacial score (nSPS) is 32.0. The Labute approximate surface area is 166 Å². The van der Waals surface area contributed by atoms with Crippen LogP contribution in [-0.4, -0.2) is 27.9 Å². The number of benzene rings is 1. The number of ether oxygens (including phenoxy) is 1. The number of Topliss-reactive ketones (excluding diaryl/α,β-unsaturated/α-hetero) is 1. The second-order valence-corrected chi connectivity index (χ2v) is 10.2. The van der Waals surface area contributed by atoms with Gasteiger partial charge in [-0.05, 0) is 43.4 Å². The smallest absolute Gasteiger partial charge is 0.170 e. The van der Waals surface area contributed by atoms with Crippen molar-refractivity contribution in [2.75, 3.05) is 0 Å². The average Bonchev–Trinajstić information content (AvgIpc) is 2.59. The lowest BCUT2D eigenvalue weighted by atomic mass is 9.41. The number of aldehydes is 1. The number of rotatable bonds is 4. The van der Waals surface area contributed by atoms with Gasteiger partial charge in [0.15, 0.2) is 12.1 Å². The fraction of sp³-hybridized carbons (Fsp3) is 0.652. The molecule has 0 amide bonds. The molecule has 4 atom stereocenters. The van der Waals surface area contributed by atoms with Gasteiger partial charge >= 0.3 is 0 Å². The topological polar surface area (TPSA) is 83.8 Å². The largest absolute Gasteiger partial charge is 0.507 e. The number of phenolic OH excluding ortho intramolecular Hbond substituents is 2. The van der Waals surface area contributed by atoms with E-state index < -0.39 is 11.4 Å². The minimum absolute atomic E-state index is 0.0579. The molecule has 3 fully saturated rings. The van der Waals surface area contributed by atoms with Crippen molar-refractivity contribution >= 4 is 12.1 Å². The fourth-order valence-corrected chi connectivity index (χ4v) is 6.08. The Morgan fingerprint density at radius 2 is 1.86 bits per heavy atom. The van der Waals surface area contributed by atoms with Gasteiger partial charge in [0.05, 0.1) is 5.56 Å². The van der Waals surface area contributed by atoms with Gasteiger partial charge in [0.25, 0.3) is 0 Å². The summed E-state index contributed by atoms with van der Waals surface area (Å²) in [7, 11) is 0. The highest BCUT2D eigenvalue weighted by atomic mass is 16.5. The van der Waals surface area contributed by atoms with E-state index in [1.807, 2.05) is 13.8 Å². The number of phenols is 2. The van der Waals surface area contributed by atoms with E-state index in [1.54, 1.807) is 0 Å². The van der Waals surface area contributed by atoms with Crippen molar-refractivity contribution in [3.8, 4) is 17.2 Å². The van der Waals surface area contributed by atoms with E-state index in [1.165, 1.54) is 0 Å². The predicted octanol–water partition coefficient (Wildman–Crippen LogP) is 4.51. The molecule has 0 radical (unpaired) electrons. The van der Waals surface area contributed by atoms with Gasteiger partial charge in [-0.3, -0.25) is 9.59 Å². The summed E-state index contributed by atoms with van der Waals surface area (Å²) in [6.07, 6.45) is 3.33. The first kappa shape index (κ1) is 19.3. The van der Waals surface area contributed by atoms with Gasteiger partial charge in [-0.25, -0.2) is 0 Å². The number of fused-ring (bicyclic) bond motifs is 1. The molecule has 0 aromatic heterocycles. The van der Waals surface area contributed by atoms with Crippen molar-refractivity contribution in [3.05, 3.63) is 16.7 Å². The molecule has 1 aromatic carbocycles. The molecular formula is C23H30O5. The van der Waals surface area contributed by atoms with Crippen molar-refractivity contribution in [1.82, 2.24) is 0 Å². The summed E-state index contributed by atoms with van der Waals surface area (Å²) in [5, 5.41) is 21.4. The van der Waals surface area contributed by atoms with Gasteiger partial charge < -0.3 is 14.9 Å². The average molecular weight is 386 g/mol. The zero-order chi connectivity index (χ0) is 20.6. The lowest BCUT2D eigenvalue weighted by Crippen LogP contribution is -2.67. The number of hydrogen-bond acceptors (Lipinski definition) is 5. The minimum atomic E-state index is -0.458. The Hall–Kier alpha value is -2.04. The highest BCUT2D eigenvalue weighted by Crippen LogP contribution is 2.67. The van der Waals surface area contributed by atoms with Crippen LogP contribution in [-0.2, 0) is 6.42 Å². The number of carbonyl (C=O) groups excluding carboxylic acids is 2. The Kier molecular flexibility index (Phi) is 4.12. The van der Waals surface area contributed by atoms with E-state index in [-0.39, 0.29) is 52.1 Å². The first-order valence-electron chi connectivity index (χ1n) is 10.3. The molecule has 3 aliphatic carbocycles. The number of ketones is 1. The lowest BCUT2D eigenvalue weighted by molar-refractivity contribution is -0.217. The summed E-state index contributed by atoms with van der Waals surface area (Å²) >= 11 is 0. The van der Waals surface area contributed by atoms with Gasteiger partial charge in [-0.2, -0.15) is 0 Å². The van der Waals surface area contributed by atoms with E-state index in [4.69, 9.17) is 4.74 Å². The SMILES string of the molecule is CC(C)CC(=O)c1c(O)c(C=O)c(O)c2c1O[C@@]1(C)[C@@H](C2)C[C@@H]2C[C@@H]1C2(C)C. The summed E-state index contributed by atoms with van der Waals surface area (Å²) in [4.78, 5) is 24.5. The van der Waals surface area contributed by atoms with Crippen LogP contribution in [0.25, 0.3) is 0 Å². The van der Waals surface area contributed by atoms with Gasteiger partial charge in [0.2, 0.25) is 0 Å². The third-order valence-electron chi connectivity index (χ3n) is 7.84. The summed E-state index contributed by atoms with van der Waals surface area (Å²) in [6, 6.07) is 0. The molecule has 2 N–H and O–H groups in total. The van der Waals surface area contributed by atoms with Crippen LogP contribution in [0, 0.1) is 29.1 Å². The molecule has 1 aromatic rings. The summed E-state index contributed by atoms with van der Waals surface area (Å²) < 4.78 is 6.55. The van der Waals surface area contributed by atoms with Crippen molar-refractivity contribution in [2.24, 2.45) is 29.1 Å². The Morgan fingerprint density at radius 3 is 2.43 bits per heavy atom. The van der Waals surface area contributed by atoms with Crippen LogP contribution in [0.5, 0.6) is 17.2 Å². The second-order valence-electron chi connectivity index (χ2n) is 10.2. The van der Waals surface area contributed by atoms with E-state index in [9.17, 15) is 19.8 Å². The highest BCUT2D eigenvalue weighted by Gasteiger charge is 2.66. The molecule has 2 bridgehead atoms. The highest BCUT2D eigenvalue weighted by molar-refractivity contribution is 6.05. The van der Waals surface area contributed by atoms with E-state index in [0.29, 0.717) is 30.1 Å². The molecule has 0 unspecified atom stereocenters. The standard InChI is InChI=1S/C23H30O5/c1-11(2)6-16(25)18-20(27)15(10-24)19(26)14-8-13-7-12-9-17(22(12,3)4)23(13,5)28-21(14)18/h10-13,17,26-27H,6-9H2,1-5H3/t12-,13-,17-,23+/m1/s1. The maximum Gasteiger partial charge on any atom is 0.170 e. The molecule has 28 heavy (non-hydrogen) atoms. The zero-order valence-corrected chi connectivity index (χ0v) is 17.3. The monoisotopic (exact) mass is 386 g/mol. The molecule has 4 aliphatic rings. The summed E-state index contributed by atoms with van der Waals surface area (Å²) in [5.41, 5.74) is 0.0765. The maximum absolute atomic E-state index is 13.0. The quantitative estimate of drug-likeness (QED) is 0.587. The van der Waals surface area contributed by atoms with Gasteiger partial charge in [-0.1, -0.05) is 27.7 Å². The van der Waals surface area contributed by atoms with Crippen LogP contribution >= 0.6 is 0 Å². The number of carbonyl (C=O) groups is 2. The van der Waals surface area contributed by atoms with Gasteiger partial charge in [0, 0.05) is 23.8 Å². The molecule has 5 rings (SSSR count). The molecule has 0 saturated heterocycles. The molecule has 1 aliphatic heterocycles. The second kappa shape index (κ2) is 5.98. The first-order chi connectivity index (χ1) is 13.0. The molecule has 3 saturated carbocycles. The van der Waals surface area contributed by atoms with Gasteiger partial charge in [-0.15, -0.1) is 0 Å². The van der Waals surface area contributed by atoms with Crippen LogP contribution in [0.4, 0.5) is 0 Å². The van der Waals surface area contributed by atoms with Crippen molar-refractivity contribution in [3.63, 3.8) is 0 Å². The fourth-order valence-electron chi connectivity index (χ4n) is 6.08. The first-order valence-corrected chi connectivity index (χ1v) is 10.3. The zero-order valence-electron chi connectivity index (χ0n) is 17.3. The minimum Gasteiger partial charge on any atom is -0.507 e. The molecule has 5 heteroatoms. The molecule has 0 spiro atoms. The van der Waals surface area contributed by atoms with Gasteiger partial charge in [0.1, 0.15) is 28.4 Å². The Bertz CT molecular complexity index is 868. The van der Waals surface area contributed by atoms with Crippen molar-refractivity contribution in [1.29, 1.82) is 0 Å². The van der Waals surface area contributed by atoms with Crippen molar-refractivity contribution < 1.29 is 24.5 Å². The molecule has 152 valence electrons. The number of hydrogen-bond donors (Lipinski definition) is 2.